The number of nitrogens with zero attached hydrogens (tertiary/aromatic N) is 1. The SMILES string of the molecule is CC(C)C(C)(CN)NC(=O)c1cccc(S(=O)(=O)N2CCCCC2)c1.Cl. The number of carbonyl (C=O) groups is 1. The third-order valence-corrected chi connectivity index (χ3v) is 7.04. The predicted molar refractivity (Wildman–Crippen MR) is 106 cm³/mol. The number of halogens is 1. The molecule has 8 heteroatoms. The molecule has 148 valence electrons. The summed E-state index contributed by atoms with van der Waals surface area (Å²) < 4.78 is 27.1. The highest BCUT2D eigenvalue weighted by atomic mass is 35.5. The first kappa shape index (κ1) is 22.9. The van der Waals surface area contributed by atoms with Crippen LogP contribution in [0.2, 0.25) is 0 Å². The molecular formula is C18H30ClN3O3S. The summed E-state index contributed by atoms with van der Waals surface area (Å²) in [6, 6.07) is 6.24. The van der Waals surface area contributed by atoms with Gasteiger partial charge in [-0.25, -0.2) is 8.42 Å². The number of carbonyl (C=O) groups excluding carboxylic acids is 1. The molecule has 6 nitrogen and oxygen atoms in total. The van der Waals surface area contributed by atoms with E-state index in [0.717, 1.165) is 19.3 Å². The van der Waals surface area contributed by atoms with Crippen molar-refractivity contribution in [2.75, 3.05) is 19.6 Å². The second kappa shape index (κ2) is 9.17. The number of nitrogens with two attached hydrogens (primary N) is 1. The lowest BCUT2D eigenvalue weighted by molar-refractivity contribution is 0.0883. The van der Waals surface area contributed by atoms with Crippen molar-refractivity contribution in [3.8, 4) is 0 Å². The Bertz CT molecular complexity index is 718. The number of sulfonamides is 1. The summed E-state index contributed by atoms with van der Waals surface area (Å²) in [6.45, 7) is 7.26. The Morgan fingerprint density at radius 1 is 1.27 bits per heavy atom. The van der Waals surface area contributed by atoms with Gasteiger partial charge in [-0.1, -0.05) is 26.3 Å². The molecule has 1 unspecified atom stereocenters. The average molecular weight is 404 g/mol. The number of rotatable bonds is 6. The standard InChI is InChI=1S/C18H29N3O3S.ClH/c1-14(2)18(3,13-19)20-17(22)15-8-7-9-16(12-15)25(23,24)21-10-5-4-6-11-21;/h7-9,12,14H,4-6,10-11,13,19H2,1-3H3,(H,20,22);1H. The summed E-state index contributed by atoms with van der Waals surface area (Å²) in [4.78, 5) is 12.8. The van der Waals surface area contributed by atoms with Crippen LogP contribution in [-0.2, 0) is 10.0 Å². The summed E-state index contributed by atoms with van der Waals surface area (Å²) >= 11 is 0. The average Bonchev–Trinajstić information content (AvgIpc) is 2.62. The third-order valence-electron chi connectivity index (χ3n) is 5.15. The van der Waals surface area contributed by atoms with Gasteiger partial charge in [0.1, 0.15) is 0 Å². The maximum atomic E-state index is 12.8. The van der Waals surface area contributed by atoms with Crippen LogP contribution >= 0.6 is 12.4 Å². The molecule has 0 bridgehead atoms. The van der Waals surface area contributed by atoms with E-state index in [1.807, 2.05) is 20.8 Å². The van der Waals surface area contributed by atoms with Gasteiger partial charge in [-0.15, -0.1) is 12.4 Å². The fourth-order valence-electron chi connectivity index (χ4n) is 2.81. The lowest BCUT2D eigenvalue weighted by Crippen LogP contribution is -2.55. The van der Waals surface area contributed by atoms with Gasteiger partial charge in [0.2, 0.25) is 10.0 Å². The van der Waals surface area contributed by atoms with Gasteiger partial charge in [-0.05, 0) is 43.9 Å². The zero-order chi connectivity index (χ0) is 18.7. The summed E-state index contributed by atoms with van der Waals surface area (Å²) in [7, 11) is -3.56. The zero-order valence-corrected chi connectivity index (χ0v) is 17.3. The first-order valence-corrected chi connectivity index (χ1v) is 10.3. The molecule has 1 aliphatic rings. The fraction of sp³-hybridized carbons (Fsp3) is 0.611. The quantitative estimate of drug-likeness (QED) is 0.762. The largest absolute Gasteiger partial charge is 0.345 e. The van der Waals surface area contributed by atoms with Crippen molar-refractivity contribution in [2.24, 2.45) is 11.7 Å². The van der Waals surface area contributed by atoms with Gasteiger partial charge < -0.3 is 11.1 Å². The maximum absolute atomic E-state index is 12.8. The Hall–Kier alpha value is -1.15. The van der Waals surface area contributed by atoms with Crippen LogP contribution in [0.5, 0.6) is 0 Å². The second-order valence-electron chi connectivity index (χ2n) is 7.22. The van der Waals surface area contributed by atoms with Crippen molar-refractivity contribution in [3.05, 3.63) is 29.8 Å². The van der Waals surface area contributed by atoms with Crippen molar-refractivity contribution in [3.63, 3.8) is 0 Å². The summed E-state index contributed by atoms with van der Waals surface area (Å²) in [5.74, 6) is -0.154. The minimum absolute atomic E-state index is 0. The van der Waals surface area contributed by atoms with E-state index in [9.17, 15) is 13.2 Å². The van der Waals surface area contributed by atoms with Gasteiger partial charge in [0.05, 0.1) is 10.4 Å². The number of benzene rings is 1. The molecule has 1 saturated heterocycles. The Morgan fingerprint density at radius 2 is 1.88 bits per heavy atom. The van der Waals surface area contributed by atoms with Crippen LogP contribution < -0.4 is 11.1 Å². The summed E-state index contributed by atoms with van der Waals surface area (Å²) in [5.41, 5.74) is 5.60. The molecule has 1 fully saturated rings. The molecule has 3 N–H and O–H groups in total. The lowest BCUT2D eigenvalue weighted by atomic mass is 9.88. The van der Waals surface area contributed by atoms with Crippen molar-refractivity contribution in [1.29, 1.82) is 0 Å². The van der Waals surface area contributed by atoms with Crippen LogP contribution in [0.4, 0.5) is 0 Å². The molecule has 26 heavy (non-hydrogen) atoms. The fourth-order valence-corrected chi connectivity index (χ4v) is 4.38. The third kappa shape index (κ3) is 4.97. The Morgan fingerprint density at radius 3 is 2.42 bits per heavy atom. The van der Waals surface area contributed by atoms with Crippen LogP contribution in [0, 0.1) is 5.92 Å². The molecular weight excluding hydrogens is 374 g/mol. The molecule has 0 saturated carbocycles. The number of hydrogen-bond donors (Lipinski definition) is 2. The Balaban J connectivity index is 0.00000338. The van der Waals surface area contributed by atoms with E-state index in [4.69, 9.17) is 5.73 Å². The first-order chi connectivity index (χ1) is 11.7. The van der Waals surface area contributed by atoms with Crippen LogP contribution in [0.3, 0.4) is 0 Å². The van der Waals surface area contributed by atoms with Crippen LogP contribution in [-0.4, -0.2) is 43.8 Å². The second-order valence-corrected chi connectivity index (χ2v) is 9.16. The molecule has 0 aromatic heterocycles. The minimum Gasteiger partial charge on any atom is -0.345 e. The number of piperidine rings is 1. The van der Waals surface area contributed by atoms with Gasteiger partial charge in [-0.2, -0.15) is 4.31 Å². The molecule has 1 heterocycles. The van der Waals surface area contributed by atoms with Crippen molar-refractivity contribution < 1.29 is 13.2 Å². The Kier molecular flexibility index (Phi) is 8.07. The number of hydrogen-bond acceptors (Lipinski definition) is 4. The zero-order valence-electron chi connectivity index (χ0n) is 15.7. The minimum atomic E-state index is -3.56. The van der Waals surface area contributed by atoms with Gasteiger partial charge >= 0.3 is 0 Å². The van der Waals surface area contributed by atoms with Crippen molar-refractivity contribution in [2.45, 2.75) is 50.5 Å². The molecule has 0 aliphatic carbocycles. The molecule has 0 spiro atoms. The van der Waals surface area contributed by atoms with Gasteiger partial charge in [0, 0.05) is 25.2 Å². The highest BCUT2D eigenvalue weighted by molar-refractivity contribution is 7.89. The molecule has 1 aromatic carbocycles. The van der Waals surface area contributed by atoms with Gasteiger partial charge in [-0.3, -0.25) is 4.79 Å². The van der Waals surface area contributed by atoms with E-state index < -0.39 is 15.6 Å². The lowest BCUT2D eigenvalue weighted by Gasteiger charge is -2.33. The smallest absolute Gasteiger partial charge is 0.251 e. The molecule has 1 amide bonds. The van der Waals surface area contributed by atoms with E-state index in [0.29, 0.717) is 25.2 Å². The van der Waals surface area contributed by atoms with E-state index in [2.05, 4.69) is 5.32 Å². The van der Waals surface area contributed by atoms with E-state index in [1.54, 1.807) is 18.2 Å². The monoisotopic (exact) mass is 403 g/mol. The normalized spacial score (nSPS) is 18.0. The maximum Gasteiger partial charge on any atom is 0.251 e. The number of nitrogens with one attached hydrogen (secondary N) is 1. The van der Waals surface area contributed by atoms with Gasteiger partial charge in [0.25, 0.3) is 5.91 Å². The summed E-state index contributed by atoms with van der Waals surface area (Å²) in [6.07, 6.45) is 2.81. The Labute approximate surface area is 163 Å². The van der Waals surface area contributed by atoms with E-state index in [-0.39, 0.29) is 29.1 Å². The van der Waals surface area contributed by atoms with Crippen LogP contribution in [0.1, 0.15) is 50.4 Å². The van der Waals surface area contributed by atoms with E-state index in [1.165, 1.54) is 10.4 Å². The topological polar surface area (TPSA) is 92.5 Å². The molecule has 2 rings (SSSR count). The highest BCUT2D eigenvalue weighted by Gasteiger charge is 2.30. The highest BCUT2D eigenvalue weighted by Crippen LogP contribution is 2.22. The first-order valence-electron chi connectivity index (χ1n) is 8.83. The molecule has 1 atom stereocenters. The molecule has 0 radical (unpaired) electrons. The van der Waals surface area contributed by atoms with Crippen LogP contribution in [0.25, 0.3) is 0 Å². The molecule has 1 aromatic rings. The van der Waals surface area contributed by atoms with Crippen molar-refractivity contribution >= 4 is 28.3 Å². The predicted octanol–water partition coefficient (Wildman–Crippen LogP) is 2.39. The van der Waals surface area contributed by atoms with Gasteiger partial charge in [0.15, 0.2) is 0 Å². The van der Waals surface area contributed by atoms with Crippen molar-refractivity contribution in [1.82, 2.24) is 9.62 Å². The number of amides is 1. The van der Waals surface area contributed by atoms with E-state index >= 15 is 0 Å². The summed E-state index contributed by atoms with van der Waals surface area (Å²) in [5, 5.41) is 2.94. The van der Waals surface area contributed by atoms with Crippen LogP contribution in [0.15, 0.2) is 29.2 Å². The molecule has 1 aliphatic heterocycles.